The Labute approximate surface area is 733 Å². The standard InChI is InChI=1S/C12H14O.5C12H14.3C11H11F.C11H12.CH4/c1-10(2)8-9-11-6-4-5-7-12(11)13-3;2*1-10(2)4-7-12-8-5-11(3)6-9-12;2*1-10(2)7-8-12-6-4-5-11(3)9-12;1-10(2)8-9-12-7-5-4-6-11(12)3;1-9(2)3-4-10-5-7-11(12)8-6-10;1-9(2)6-7-10-4-3-5-11(12)8-10;1-9(2)7-8-10-5-3-4-6-11(10)12;1-10(2)8-9-11-6-4-3-5-7-11;/h4-7,10H,1-3H3;2*5-6,8-10H,1-3H3;2*4-6,9-10H,1-3H3;4-7,10H,1-3H3;5-9H,1-2H3;3-5,8-9H,1-2H3;3-6,9H,1-2H3;3-7,10H,1-2H3;1H4. The summed E-state index contributed by atoms with van der Waals surface area (Å²) in [5, 5.41) is 0. The van der Waals surface area contributed by atoms with E-state index in [1.165, 1.54) is 58.1 Å². The SMILES string of the molecule is C.CC(C)C#Cc1ccc(F)cc1.CC(C)C#Cc1cccc(F)c1.CC(C)C#Cc1ccccc1.CC(C)C#Cc1ccccc1F.COc1ccccc1C#CC(C)C.Cc1ccc(C#CC(C)C)cc1.Cc1ccc(C#CC(C)C)cc1.Cc1cccc(C#CC(C)C)c1.Cc1cccc(C#CC(C)C)c1.Cc1ccccc1C#CC(C)C. The van der Waals surface area contributed by atoms with Crippen LogP contribution in [0.5, 0.6) is 5.75 Å². The van der Waals surface area contributed by atoms with Gasteiger partial charge in [-0.3, -0.25) is 0 Å². The van der Waals surface area contributed by atoms with Gasteiger partial charge in [0.25, 0.3) is 0 Å². The third-order valence-corrected chi connectivity index (χ3v) is 14.7. The monoisotopic (exact) mass is 1610 g/mol. The second-order valence-electron chi connectivity index (χ2n) is 31.1. The molecule has 121 heavy (non-hydrogen) atoms. The normalized spacial score (nSPS) is 9.21. The lowest BCUT2D eigenvalue weighted by molar-refractivity contribution is 0.413. The van der Waals surface area contributed by atoms with Crippen LogP contribution in [0.25, 0.3) is 0 Å². The van der Waals surface area contributed by atoms with Gasteiger partial charge in [0.15, 0.2) is 0 Å². The first kappa shape index (κ1) is 108. The van der Waals surface area contributed by atoms with Gasteiger partial charge in [0, 0.05) is 104 Å². The summed E-state index contributed by atoms with van der Waals surface area (Å²) < 4.78 is 43.2. The maximum atomic E-state index is 12.9. The fourth-order valence-electron chi connectivity index (χ4n) is 8.62. The van der Waals surface area contributed by atoms with Gasteiger partial charge < -0.3 is 4.74 Å². The Balaban J connectivity index is 0.00000132. The number of ether oxygens (including phenoxy) is 1. The predicted molar refractivity (Wildman–Crippen MR) is 518 cm³/mol. The van der Waals surface area contributed by atoms with E-state index < -0.39 is 0 Å². The molecule has 0 amide bonds. The summed E-state index contributed by atoms with van der Waals surface area (Å²) in [6.07, 6.45) is 0. The van der Waals surface area contributed by atoms with Crippen molar-refractivity contribution in [3.05, 3.63) is 350 Å². The molecule has 10 aromatic rings. The van der Waals surface area contributed by atoms with Crippen LogP contribution in [0.3, 0.4) is 0 Å². The topological polar surface area (TPSA) is 9.23 Å². The highest BCUT2D eigenvalue weighted by molar-refractivity contribution is 5.47. The van der Waals surface area contributed by atoms with Crippen molar-refractivity contribution in [2.45, 2.75) is 181 Å². The zero-order chi connectivity index (χ0) is 89.6. The molecule has 0 unspecified atom stereocenters. The molecule has 0 aliphatic carbocycles. The van der Waals surface area contributed by atoms with Crippen LogP contribution in [-0.4, -0.2) is 7.11 Å². The van der Waals surface area contributed by atoms with E-state index in [0.29, 0.717) is 58.8 Å². The number of hydrogen-bond acceptors (Lipinski definition) is 1. The minimum absolute atomic E-state index is 0. The molecule has 0 aliphatic heterocycles. The lowest BCUT2D eigenvalue weighted by atomic mass is 10.1. The Kier molecular flexibility index (Phi) is 58.5. The second-order valence-corrected chi connectivity index (χ2v) is 31.1. The number of rotatable bonds is 1. The van der Waals surface area contributed by atoms with Gasteiger partial charge in [0.2, 0.25) is 0 Å². The largest absolute Gasteiger partial charge is 0.495 e. The van der Waals surface area contributed by atoms with Crippen LogP contribution in [0, 0.1) is 230 Å². The van der Waals surface area contributed by atoms with Gasteiger partial charge in [0.05, 0.1) is 18.2 Å². The molecule has 0 saturated heterocycles. The lowest BCUT2D eigenvalue weighted by Gasteiger charge is -2.01. The van der Waals surface area contributed by atoms with E-state index in [0.717, 1.165) is 55.8 Å². The summed E-state index contributed by atoms with van der Waals surface area (Å²) >= 11 is 0. The smallest absolute Gasteiger partial charge is 0.138 e. The summed E-state index contributed by atoms with van der Waals surface area (Å²) in [5.41, 5.74) is 16.1. The van der Waals surface area contributed by atoms with Gasteiger partial charge in [-0.05, 0) is 185 Å². The molecular formula is C117H133F3O. The molecule has 0 bridgehead atoms. The summed E-state index contributed by atoms with van der Waals surface area (Å²) in [5.74, 6) is 65.5. The molecule has 10 rings (SSSR count). The van der Waals surface area contributed by atoms with Crippen LogP contribution in [0.15, 0.2) is 249 Å². The maximum absolute atomic E-state index is 12.9. The van der Waals surface area contributed by atoms with Crippen molar-refractivity contribution < 1.29 is 17.9 Å². The van der Waals surface area contributed by atoms with E-state index in [1.807, 2.05) is 133 Å². The first-order valence-corrected chi connectivity index (χ1v) is 41.4. The Morgan fingerprint density at radius 3 is 0.818 bits per heavy atom. The Morgan fingerprint density at radius 1 is 0.215 bits per heavy atom. The van der Waals surface area contributed by atoms with Gasteiger partial charge in [0.1, 0.15) is 23.2 Å². The molecule has 0 spiro atoms. The zero-order valence-electron chi connectivity index (χ0n) is 76.5. The molecule has 0 aliphatic rings. The Morgan fingerprint density at radius 2 is 0.479 bits per heavy atom. The van der Waals surface area contributed by atoms with Crippen molar-refractivity contribution in [1.29, 1.82) is 0 Å². The molecule has 0 fully saturated rings. The van der Waals surface area contributed by atoms with Crippen LogP contribution in [-0.2, 0) is 0 Å². The lowest BCUT2D eigenvalue weighted by Crippen LogP contribution is -1.87. The first-order chi connectivity index (χ1) is 57.0. The quantitative estimate of drug-likeness (QED) is 0.149. The van der Waals surface area contributed by atoms with E-state index in [-0.39, 0.29) is 30.8 Å². The molecule has 0 N–H and O–H groups in total. The minimum atomic E-state index is -0.245. The summed E-state index contributed by atoms with van der Waals surface area (Å²) in [7, 11) is 1.66. The van der Waals surface area contributed by atoms with Crippen LogP contribution in [0.2, 0.25) is 0 Å². The fourth-order valence-corrected chi connectivity index (χ4v) is 8.62. The van der Waals surface area contributed by atoms with Gasteiger partial charge >= 0.3 is 0 Å². The number of halogens is 3. The van der Waals surface area contributed by atoms with Gasteiger partial charge in [-0.2, -0.15) is 0 Å². The molecule has 0 saturated carbocycles. The third-order valence-electron chi connectivity index (χ3n) is 14.7. The number of aryl methyl sites for hydroxylation is 5. The zero-order valence-corrected chi connectivity index (χ0v) is 76.5. The van der Waals surface area contributed by atoms with Gasteiger partial charge in [-0.25, -0.2) is 13.2 Å². The van der Waals surface area contributed by atoms with Crippen molar-refractivity contribution >= 4 is 0 Å². The molecular weight excluding hydrogens is 1480 g/mol. The Bertz CT molecular complexity index is 4880. The molecule has 0 aromatic heterocycles. The van der Waals surface area contributed by atoms with Crippen LogP contribution in [0.1, 0.15) is 229 Å². The molecule has 628 valence electrons. The maximum Gasteiger partial charge on any atom is 0.138 e. The number of para-hydroxylation sites is 1. The molecule has 1 nitrogen and oxygen atoms in total. The highest BCUT2D eigenvalue weighted by atomic mass is 19.1. The Hall–Kier alpha value is -12.6. The average Bonchev–Trinajstić information content (AvgIpc) is 0.859. The van der Waals surface area contributed by atoms with Gasteiger partial charge in [-0.15, -0.1) is 0 Å². The number of benzene rings is 10. The van der Waals surface area contributed by atoms with Crippen LogP contribution in [0.4, 0.5) is 13.2 Å². The number of methoxy groups -OCH3 is 1. The van der Waals surface area contributed by atoms with Crippen LogP contribution < -0.4 is 4.74 Å². The van der Waals surface area contributed by atoms with E-state index in [9.17, 15) is 13.2 Å². The molecule has 0 atom stereocenters. The van der Waals surface area contributed by atoms with Crippen molar-refractivity contribution in [2.75, 3.05) is 7.11 Å². The average molecular weight is 1610 g/mol. The van der Waals surface area contributed by atoms with Gasteiger partial charge in [-0.1, -0.05) is 391 Å². The highest BCUT2D eigenvalue weighted by Crippen LogP contribution is 2.16. The van der Waals surface area contributed by atoms with Crippen molar-refractivity contribution in [3.63, 3.8) is 0 Å². The fraction of sp³-hybridized carbons (Fsp3) is 0.316. The van der Waals surface area contributed by atoms with Crippen molar-refractivity contribution in [1.82, 2.24) is 0 Å². The number of hydrogen-bond donors (Lipinski definition) is 0. The summed E-state index contributed by atoms with van der Waals surface area (Å²) in [6, 6.07) is 78.3. The molecule has 0 radical (unpaired) electrons. The van der Waals surface area contributed by atoms with E-state index in [2.05, 4.69) is 335 Å². The van der Waals surface area contributed by atoms with E-state index in [4.69, 9.17) is 4.74 Å². The van der Waals surface area contributed by atoms with Crippen LogP contribution >= 0.6 is 0 Å². The summed E-state index contributed by atoms with van der Waals surface area (Å²) in [6.45, 7) is 51.8. The predicted octanol–water partition coefficient (Wildman–Crippen LogP) is 29.5. The first-order valence-electron chi connectivity index (χ1n) is 41.4. The third kappa shape index (κ3) is 60.5. The van der Waals surface area contributed by atoms with Crippen molar-refractivity contribution in [3.8, 4) is 124 Å². The highest BCUT2D eigenvalue weighted by Gasteiger charge is 2.00. The molecule has 0 heterocycles. The second kappa shape index (κ2) is 65.3. The van der Waals surface area contributed by atoms with E-state index >= 15 is 0 Å². The minimum Gasteiger partial charge on any atom is -0.495 e. The van der Waals surface area contributed by atoms with Crippen molar-refractivity contribution in [2.24, 2.45) is 59.2 Å². The summed E-state index contributed by atoms with van der Waals surface area (Å²) in [4.78, 5) is 0. The molecule has 4 heteroatoms. The molecule has 10 aromatic carbocycles. The van der Waals surface area contributed by atoms with E-state index in [1.54, 1.807) is 49.6 Å².